The molecule has 4 rings (SSSR count). The average Bonchev–Trinajstić information content (AvgIpc) is 3.35. The van der Waals surface area contributed by atoms with E-state index >= 15 is 0 Å². The Morgan fingerprint density at radius 3 is 2.67 bits per heavy atom. The number of rotatable bonds is 6. The summed E-state index contributed by atoms with van der Waals surface area (Å²) in [5, 5.41) is 9.66. The number of carbonyl (C=O) groups is 1. The molecule has 3 heterocycles. The van der Waals surface area contributed by atoms with E-state index in [1.165, 1.54) is 6.07 Å². The summed E-state index contributed by atoms with van der Waals surface area (Å²) in [5.74, 6) is 1.83. The predicted octanol–water partition coefficient (Wildman–Crippen LogP) is 2.55. The summed E-state index contributed by atoms with van der Waals surface area (Å²) in [6.45, 7) is 5.93. The Labute approximate surface area is 181 Å². The van der Waals surface area contributed by atoms with Crippen molar-refractivity contribution in [2.24, 2.45) is 7.05 Å². The number of likely N-dealkylation sites (tertiary alicyclic amines) is 1. The zero-order chi connectivity index (χ0) is 21.1. The molecule has 0 radical (unpaired) electrons. The van der Waals surface area contributed by atoms with Crippen LogP contribution in [-0.4, -0.2) is 75.5 Å². The lowest BCUT2D eigenvalue weighted by Gasteiger charge is -2.37. The molecule has 2 fully saturated rings. The van der Waals surface area contributed by atoms with Crippen molar-refractivity contribution >= 4 is 23.4 Å². The highest BCUT2D eigenvalue weighted by molar-refractivity contribution is 7.99. The number of hydrogen-bond donors (Lipinski definition) is 0. The molecule has 162 valence electrons. The van der Waals surface area contributed by atoms with Gasteiger partial charge < -0.3 is 14.4 Å². The van der Waals surface area contributed by atoms with Crippen molar-refractivity contribution in [3.8, 4) is 0 Å². The molecular weight excluding hydrogens is 403 g/mol. The number of anilines is 1. The number of para-hydroxylation sites is 1. The molecule has 2 aliphatic rings. The molecule has 0 N–H and O–H groups in total. The molecule has 9 heteroatoms. The van der Waals surface area contributed by atoms with Gasteiger partial charge in [0.25, 0.3) is 0 Å². The Morgan fingerprint density at radius 2 is 1.93 bits per heavy atom. The SMILES string of the molecule is CCSc1nnc([C@@H]2CCCN2CC(=O)N2CCN(c3ccccc3F)CC2)n1C. The van der Waals surface area contributed by atoms with E-state index in [0.29, 0.717) is 38.4 Å². The van der Waals surface area contributed by atoms with Crippen LogP contribution in [0.15, 0.2) is 29.4 Å². The maximum absolute atomic E-state index is 14.0. The second-order valence-electron chi connectivity index (χ2n) is 7.78. The van der Waals surface area contributed by atoms with Gasteiger partial charge in [0.15, 0.2) is 11.0 Å². The van der Waals surface area contributed by atoms with E-state index in [0.717, 1.165) is 36.1 Å². The normalized spacial score (nSPS) is 20.2. The lowest BCUT2D eigenvalue weighted by Crippen LogP contribution is -2.51. The van der Waals surface area contributed by atoms with Gasteiger partial charge >= 0.3 is 0 Å². The smallest absolute Gasteiger partial charge is 0.236 e. The molecular formula is C21H29FN6OS. The monoisotopic (exact) mass is 432 g/mol. The highest BCUT2D eigenvalue weighted by Crippen LogP contribution is 2.32. The first kappa shape index (κ1) is 21.1. The highest BCUT2D eigenvalue weighted by atomic mass is 32.2. The molecule has 0 aliphatic carbocycles. The molecule has 2 aromatic rings. The summed E-state index contributed by atoms with van der Waals surface area (Å²) >= 11 is 1.68. The van der Waals surface area contributed by atoms with Crippen molar-refractivity contribution in [1.29, 1.82) is 0 Å². The Bertz CT molecular complexity index is 882. The maximum atomic E-state index is 14.0. The first-order valence-corrected chi connectivity index (χ1v) is 11.6. The van der Waals surface area contributed by atoms with Gasteiger partial charge in [-0.3, -0.25) is 9.69 Å². The van der Waals surface area contributed by atoms with Crippen LogP contribution in [0.1, 0.15) is 31.6 Å². The number of carbonyl (C=O) groups excluding carboxylic acids is 1. The van der Waals surface area contributed by atoms with Crippen molar-refractivity contribution < 1.29 is 9.18 Å². The summed E-state index contributed by atoms with van der Waals surface area (Å²) in [6.07, 6.45) is 2.05. The average molecular weight is 433 g/mol. The standard InChI is InChI=1S/C21H29FN6OS/c1-3-30-21-24-23-20(25(21)2)18-9-6-10-28(18)15-19(29)27-13-11-26(12-14-27)17-8-5-4-7-16(17)22/h4-5,7-8,18H,3,6,9-15H2,1-2H3/t18-/m0/s1. The zero-order valence-electron chi connectivity index (χ0n) is 17.6. The van der Waals surface area contributed by atoms with Crippen LogP contribution < -0.4 is 4.90 Å². The number of benzene rings is 1. The van der Waals surface area contributed by atoms with Gasteiger partial charge in [-0.25, -0.2) is 4.39 Å². The van der Waals surface area contributed by atoms with E-state index in [4.69, 9.17) is 0 Å². The van der Waals surface area contributed by atoms with Crippen LogP contribution in [0, 0.1) is 5.82 Å². The fourth-order valence-corrected chi connectivity index (χ4v) is 5.00. The lowest BCUT2D eigenvalue weighted by atomic mass is 10.2. The van der Waals surface area contributed by atoms with E-state index in [2.05, 4.69) is 26.6 Å². The minimum Gasteiger partial charge on any atom is -0.366 e. The molecule has 1 amide bonds. The van der Waals surface area contributed by atoms with Gasteiger partial charge in [-0.1, -0.05) is 30.8 Å². The first-order valence-electron chi connectivity index (χ1n) is 10.6. The quantitative estimate of drug-likeness (QED) is 0.654. The molecule has 1 aromatic heterocycles. The Morgan fingerprint density at radius 1 is 1.17 bits per heavy atom. The number of piperazine rings is 1. The van der Waals surface area contributed by atoms with E-state index in [9.17, 15) is 9.18 Å². The molecule has 30 heavy (non-hydrogen) atoms. The van der Waals surface area contributed by atoms with Crippen molar-refractivity contribution in [3.63, 3.8) is 0 Å². The van der Waals surface area contributed by atoms with E-state index in [1.807, 2.05) is 22.9 Å². The largest absolute Gasteiger partial charge is 0.366 e. The summed E-state index contributed by atoms with van der Waals surface area (Å²) in [4.78, 5) is 19.1. The van der Waals surface area contributed by atoms with Crippen molar-refractivity contribution in [2.45, 2.75) is 31.0 Å². The van der Waals surface area contributed by atoms with Crippen LogP contribution in [0.25, 0.3) is 0 Å². The Balaban J connectivity index is 1.35. The van der Waals surface area contributed by atoms with E-state index < -0.39 is 0 Å². The molecule has 7 nitrogen and oxygen atoms in total. The minimum absolute atomic E-state index is 0.136. The van der Waals surface area contributed by atoms with E-state index in [-0.39, 0.29) is 17.8 Å². The molecule has 0 bridgehead atoms. The highest BCUT2D eigenvalue weighted by Gasteiger charge is 2.33. The number of thioether (sulfide) groups is 1. The molecule has 0 unspecified atom stereocenters. The van der Waals surface area contributed by atoms with Crippen LogP contribution in [0.2, 0.25) is 0 Å². The fourth-order valence-electron chi connectivity index (χ4n) is 4.36. The van der Waals surface area contributed by atoms with Gasteiger partial charge in [0.1, 0.15) is 5.82 Å². The van der Waals surface area contributed by atoms with E-state index in [1.54, 1.807) is 23.9 Å². The van der Waals surface area contributed by atoms with Gasteiger partial charge in [-0.15, -0.1) is 10.2 Å². The van der Waals surface area contributed by atoms with Gasteiger partial charge in [0.2, 0.25) is 5.91 Å². The van der Waals surface area contributed by atoms with Crippen LogP contribution in [0.5, 0.6) is 0 Å². The third kappa shape index (κ3) is 4.32. The van der Waals surface area contributed by atoms with Crippen molar-refractivity contribution in [2.75, 3.05) is 49.9 Å². The molecule has 1 atom stereocenters. The maximum Gasteiger partial charge on any atom is 0.236 e. The van der Waals surface area contributed by atoms with Gasteiger partial charge in [-0.2, -0.15) is 0 Å². The number of nitrogens with zero attached hydrogens (tertiary/aromatic N) is 6. The Hall–Kier alpha value is -2.13. The third-order valence-electron chi connectivity index (χ3n) is 5.97. The first-order chi connectivity index (χ1) is 14.6. The lowest BCUT2D eigenvalue weighted by molar-refractivity contribution is -0.133. The zero-order valence-corrected chi connectivity index (χ0v) is 18.4. The second-order valence-corrected chi connectivity index (χ2v) is 9.01. The van der Waals surface area contributed by atoms with Gasteiger partial charge in [0.05, 0.1) is 18.3 Å². The summed E-state index contributed by atoms with van der Waals surface area (Å²) in [7, 11) is 2.01. The van der Waals surface area contributed by atoms with Crippen molar-refractivity contribution in [3.05, 3.63) is 35.9 Å². The second kappa shape index (κ2) is 9.34. The van der Waals surface area contributed by atoms with Crippen LogP contribution >= 0.6 is 11.8 Å². The fraction of sp³-hybridized carbons (Fsp3) is 0.571. The summed E-state index contributed by atoms with van der Waals surface area (Å²) < 4.78 is 16.1. The number of halogens is 1. The number of amides is 1. The summed E-state index contributed by atoms with van der Waals surface area (Å²) in [5.41, 5.74) is 0.618. The summed E-state index contributed by atoms with van der Waals surface area (Å²) in [6, 6.07) is 6.97. The van der Waals surface area contributed by atoms with Crippen LogP contribution in [0.3, 0.4) is 0 Å². The van der Waals surface area contributed by atoms with Gasteiger partial charge in [-0.05, 0) is 37.3 Å². The molecule has 2 aliphatic heterocycles. The number of hydrogen-bond acceptors (Lipinski definition) is 6. The molecule has 0 spiro atoms. The van der Waals surface area contributed by atoms with Crippen LogP contribution in [-0.2, 0) is 11.8 Å². The van der Waals surface area contributed by atoms with Gasteiger partial charge in [0, 0.05) is 33.2 Å². The topological polar surface area (TPSA) is 57.5 Å². The predicted molar refractivity (Wildman–Crippen MR) is 116 cm³/mol. The molecule has 1 aromatic carbocycles. The number of aromatic nitrogens is 3. The Kier molecular flexibility index (Phi) is 6.58. The van der Waals surface area contributed by atoms with Crippen LogP contribution in [0.4, 0.5) is 10.1 Å². The third-order valence-corrected chi connectivity index (χ3v) is 6.87. The molecule has 0 saturated carbocycles. The van der Waals surface area contributed by atoms with Crippen molar-refractivity contribution in [1.82, 2.24) is 24.6 Å². The minimum atomic E-state index is -0.207. The molecule has 2 saturated heterocycles.